The molecule has 0 bridgehead atoms. The van der Waals surface area contributed by atoms with E-state index in [2.05, 4.69) is 20.0 Å². The third-order valence-corrected chi connectivity index (χ3v) is 7.73. The van der Waals surface area contributed by atoms with Gasteiger partial charge in [-0.15, -0.1) is 21.5 Å². The van der Waals surface area contributed by atoms with Gasteiger partial charge in [0, 0.05) is 10.4 Å². The van der Waals surface area contributed by atoms with Crippen LogP contribution in [0.3, 0.4) is 0 Å². The molecule has 0 unspecified atom stereocenters. The molecule has 4 aromatic rings. The number of nitrogens with zero attached hydrogens (tertiary/aromatic N) is 4. The van der Waals surface area contributed by atoms with E-state index in [9.17, 15) is 8.42 Å². The third kappa shape index (κ3) is 4.30. The highest BCUT2D eigenvalue weighted by atomic mass is 32.2. The highest BCUT2D eigenvalue weighted by Crippen LogP contribution is 2.27. The minimum absolute atomic E-state index is 0.177. The Kier molecular flexibility index (Phi) is 5.99. The first-order valence-electron chi connectivity index (χ1n) is 9.92. The number of aryl methyl sites for hydroxylation is 1. The lowest BCUT2D eigenvalue weighted by Crippen LogP contribution is -2.28. The molecule has 0 saturated heterocycles. The number of rotatable bonds is 7. The van der Waals surface area contributed by atoms with E-state index in [-0.39, 0.29) is 10.9 Å². The lowest BCUT2D eigenvalue weighted by atomic mass is 10.1. The van der Waals surface area contributed by atoms with Crippen molar-refractivity contribution in [3.63, 3.8) is 0 Å². The topological polar surface area (TPSA) is 89.8 Å². The number of nitrogens with one attached hydrogen (secondary N) is 1. The van der Waals surface area contributed by atoms with E-state index in [1.807, 2.05) is 60.8 Å². The van der Waals surface area contributed by atoms with Gasteiger partial charge >= 0.3 is 0 Å². The van der Waals surface area contributed by atoms with Gasteiger partial charge in [-0.25, -0.2) is 17.8 Å². The Labute approximate surface area is 185 Å². The van der Waals surface area contributed by atoms with Crippen LogP contribution in [0.4, 0.5) is 0 Å². The zero-order chi connectivity index (χ0) is 22.0. The summed E-state index contributed by atoms with van der Waals surface area (Å²) in [4.78, 5) is 1.16. The average molecular weight is 454 g/mol. The van der Waals surface area contributed by atoms with Crippen molar-refractivity contribution in [2.75, 3.05) is 0 Å². The summed E-state index contributed by atoms with van der Waals surface area (Å²) in [5, 5.41) is 15.0. The maximum absolute atomic E-state index is 13.2. The molecular weight excluding hydrogens is 430 g/mol. The molecule has 0 radical (unpaired) electrons. The molecule has 1 N–H and O–H groups in total. The van der Waals surface area contributed by atoms with Gasteiger partial charge in [0.2, 0.25) is 10.0 Å². The number of aromatic nitrogens is 4. The Morgan fingerprint density at radius 3 is 2.42 bits per heavy atom. The van der Waals surface area contributed by atoms with E-state index in [0.717, 1.165) is 16.1 Å². The first-order valence-corrected chi connectivity index (χ1v) is 12.3. The average Bonchev–Trinajstić information content (AvgIpc) is 3.41. The molecule has 0 saturated carbocycles. The van der Waals surface area contributed by atoms with E-state index in [0.29, 0.717) is 23.6 Å². The first kappa shape index (κ1) is 21.4. The smallest absolute Gasteiger partial charge is 0.216 e. The second-order valence-electron chi connectivity index (χ2n) is 7.15. The summed E-state index contributed by atoms with van der Waals surface area (Å²) in [5.74, 6) is 0.465. The summed E-state index contributed by atoms with van der Waals surface area (Å²) in [6.45, 7) is 5.38. The molecule has 0 spiro atoms. The number of benzene rings is 1. The minimum atomic E-state index is -3.77. The second kappa shape index (κ2) is 8.70. The van der Waals surface area contributed by atoms with Crippen molar-refractivity contribution in [2.24, 2.45) is 0 Å². The Morgan fingerprint density at radius 2 is 1.81 bits per heavy atom. The maximum atomic E-state index is 13.2. The van der Waals surface area contributed by atoms with Crippen LogP contribution in [0.1, 0.15) is 35.7 Å². The fraction of sp³-hybridized carbons (Fsp3) is 0.227. The van der Waals surface area contributed by atoms with Crippen LogP contribution in [-0.2, 0) is 10.0 Å². The van der Waals surface area contributed by atoms with Crippen LogP contribution < -0.4 is 4.72 Å². The van der Waals surface area contributed by atoms with Crippen molar-refractivity contribution >= 4 is 21.4 Å². The quantitative estimate of drug-likeness (QED) is 0.447. The van der Waals surface area contributed by atoms with Gasteiger partial charge in [-0.05, 0) is 43.8 Å². The Balaban J connectivity index is 1.66. The first-order chi connectivity index (χ1) is 14.9. The Bertz CT molecular complexity index is 1270. The molecule has 0 aliphatic heterocycles. The molecule has 4 rings (SSSR count). The standard InChI is InChI=1S/C22H23N5O2S2/c1-4-18(20-11-8-14-30-20)26-31(28,29)22-15(2)25-27(16(22)3)21-13-12-19(23-24-21)17-9-6-5-7-10-17/h5-14,18,26H,4H2,1-3H3/t18-/m0/s1. The molecule has 9 heteroatoms. The predicted octanol–water partition coefficient (Wildman–Crippen LogP) is 4.44. The van der Waals surface area contributed by atoms with Gasteiger partial charge in [0.05, 0.1) is 23.1 Å². The molecule has 0 fully saturated rings. The van der Waals surface area contributed by atoms with Gasteiger partial charge in [0.1, 0.15) is 4.90 Å². The number of thiophene rings is 1. The maximum Gasteiger partial charge on any atom is 0.244 e. The summed E-state index contributed by atoms with van der Waals surface area (Å²) >= 11 is 1.54. The molecule has 3 heterocycles. The molecule has 31 heavy (non-hydrogen) atoms. The van der Waals surface area contributed by atoms with Crippen molar-refractivity contribution in [3.8, 4) is 17.1 Å². The molecule has 3 aromatic heterocycles. The van der Waals surface area contributed by atoms with Crippen LogP contribution in [0.5, 0.6) is 0 Å². The molecule has 1 aromatic carbocycles. The normalized spacial score (nSPS) is 12.7. The molecule has 1 atom stereocenters. The van der Waals surface area contributed by atoms with Crippen LogP contribution in [-0.4, -0.2) is 28.4 Å². The number of sulfonamides is 1. The summed E-state index contributed by atoms with van der Waals surface area (Å²) in [6.07, 6.45) is 0.651. The fourth-order valence-electron chi connectivity index (χ4n) is 3.52. The fourth-order valence-corrected chi connectivity index (χ4v) is 6.15. The van der Waals surface area contributed by atoms with Crippen molar-refractivity contribution < 1.29 is 8.42 Å². The van der Waals surface area contributed by atoms with E-state index < -0.39 is 10.0 Å². The van der Waals surface area contributed by atoms with Gasteiger partial charge in [-0.2, -0.15) is 5.10 Å². The minimum Gasteiger partial charge on any atom is -0.216 e. The van der Waals surface area contributed by atoms with Crippen LogP contribution in [0, 0.1) is 13.8 Å². The monoisotopic (exact) mass is 453 g/mol. The summed E-state index contributed by atoms with van der Waals surface area (Å²) < 4.78 is 30.8. The van der Waals surface area contributed by atoms with Crippen molar-refractivity contribution in [2.45, 2.75) is 38.1 Å². The predicted molar refractivity (Wildman–Crippen MR) is 122 cm³/mol. The zero-order valence-electron chi connectivity index (χ0n) is 17.5. The van der Waals surface area contributed by atoms with Gasteiger partial charge in [0.25, 0.3) is 0 Å². The summed E-state index contributed by atoms with van der Waals surface area (Å²) in [6, 6.07) is 17.0. The van der Waals surface area contributed by atoms with Crippen LogP contribution in [0.2, 0.25) is 0 Å². The van der Waals surface area contributed by atoms with Gasteiger partial charge < -0.3 is 0 Å². The van der Waals surface area contributed by atoms with Crippen LogP contribution in [0.15, 0.2) is 64.9 Å². The largest absolute Gasteiger partial charge is 0.244 e. The van der Waals surface area contributed by atoms with Gasteiger partial charge in [-0.3, -0.25) is 0 Å². The number of hydrogen-bond acceptors (Lipinski definition) is 6. The van der Waals surface area contributed by atoms with E-state index in [1.54, 1.807) is 19.9 Å². The zero-order valence-corrected chi connectivity index (χ0v) is 19.1. The van der Waals surface area contributed by atoms with Crippen LogP contribution >= 0.6 is 11.3 Å². The van der Waals surface area contributed by atoms with Gasteiger partial charge in [0.15, 0.2) is 5.82 Å². The molecule has 0 aliphatic rings. The highest BCUT2D eigenvalue weighted by molar-refractivity contribution is 7.89. The number of hydrogen-bond donors (Lipinski definition) is 1. The highest BCUT2D eigenvalue weighted by Gasteiger charge is 2.28. The van der Waals surface area contributed by atoms with E-state index >= 15 is 0 Å². The summed E-state index contributed by atoms with van der Waals surface area (Å²) in [7, 11) is -3.77. The molecule has 7 nitrogen and oxygen atoms in total. The molecular formula is C22H23N5O2S2. The molecule has 0 aliphatic carbocycles. The van der Waals surface area contributed by atoms with Crippen molar-refractivity contribution in [1.29, 1.82) is 0 Å². The second-order valence-corrected chi connectivity index (χ2v) is 9.78. The lowest BCUT2D eigenvalue weighted by molar-refractivity contribution is 0.552. The Hall–Kier alpha value is -2.88. The SMILES string of the molecule is CC[C@H](NS(=O)(=O)c1c(C)nn(-c2ccc(-c3ccccc3)nn2)c1C)c1cccs1. The van der Waals surface area contributed by atoms with Crippen LogP contribution in [0.25, 0.3) is 17.1 Å². The lowest BCUT2D eigenvalue weighted by Gasteiger charge is -2.16. The summed E-state index contributed by atoms with van der Waals surface area (Å²) in [5.41, 5.74) is 2.61. The van der Waals surface area contributed by atoms with E-state index in [1.165, 1.54) is 16.0 Å². The Morgan fingerprint density at radius 1 is 1.03 bits per heavy atom. The third-order valence-electron chi connectivity index (χ3n) is 5.02. The molecule has 0 amide bonds. The van der Waals surface area contributed by atoms with Gasteiger partial charge in [-0.1, -0.05) is 43.3 Å². The van der Waals surface area contributed by atoms with Crippen molar-refractivity contribution in [1.82, 2.24) is 24.7 Å². The molecule has 160 valence electrons. The van der Waals surface area contributed by atoms with E-state index in [4.69, 9.17) is 0 Å². The van der Waals surface area contributed by atoms with Crippen molar-refractivity contribution in [3.05, 3.63) is 76.2 Å².